The first-order chi connectivity index (χ1) is 12.5. The van der Waals surface area contributed by atoms with Gasteiger partial charge in [-0.1, -0.05) is 54.6 Å². The fourth-order valence-corrected chi connectivity index (χ4v) is 4.83. The van der Waals surface area contributed by atoms with Crippen molar-refractivity contribution < 1.29 is 18.5 Å². The molecule has 0 saturated heterocycles. The molecule has 0 bridgehead atoms. The Morgan fingerprint density at radius 2 is 1.46 bits per heavy atom. The summed E-state index contributed by atoms with van der Waals surface area (Å²) >= 11 is 0. The Kier molecular flexibility index (Phi) is 5.18. The fourth-order valence-electron chi connectivity index (χ4n) is 3.16. The second kappa shape index (κ2) is 7.38. The van der Waals surface area contributed by atoms with Gasteiger partial charge in [-0.15, -0.1) is 0 Å². The average molecular weight is 371 g/mol. The summed E-state index contributed by atoms with van der Waals surface area (Å²) in [4.78, 5) is 11.0. The van der Waals surface area contributed by atoms with Gasteiger partial charge in [-0.3, -0.25) is 14.7 Å². The molecule has 0 aromatic heterocycles. The summed E-state index contributed by atoms with van der Waals surface area (Å²) in [6, 6.07) is 19.3. The molecule has 0 amide bonds. The van der Waals surface area contributed by atoms with Crippen molar-refractivity contribution in [2.75, 3.05) is 14.2 Å². The fraction of sp³-hybridized carbons (Fsp3) is 0.158. The van der Waals surface area contributed by atoms with Crippen LogP contribution in [0.2, 0.25) is 0 Å². The first kappa shape index (κ1) is 18.3. The summed E-state index contributed by atoms with van der Waals surface area (Å²) in [7, 11) is -0.866. The highest BCUT2D eigenvalue weighted by Gasteiger charge is 2.38. The topological polar surface area (TPSA) is 78.7 Å². The highest BCUT2D eigenvalue weighted by atomic mass is 31.2. The minimum Gasteiger partial charge on any atom is -0.311 e. The molecule has 26 heavy (non-hydrogen) atoms. The van der Waals surface area contributed by atoms with Gasteiger partial charge in [0.15, 0.2) is 0 Å². The van der Waals surface area contributed by atoms with Gasteiger partial charge in [0.1, 0.15) is 5.66 Å². The Bertz CT molecular complexity index is 982. The van der Waals surface area contributed by atoms with E-state index < -0.39 is 18.2 Å². The molecule has 0 N–H and O–H groups in total. The molecule has 0 aliphatic heterocycles. The third-order valence-corrected chi connectivity index (χ3v) is 6.59. The SMILES string of the molecule is COP(=O)(OC)C(c1ccccc1)c1ccc([N+](=O)[O-])c2ccccc12. The molecule has 1 unspecified atom stereocenters. The van der Waals surface area contributed by atoms with Gasteiger partial charge in [0.25, 0.3) is 5.69 Å². The lowest BCUT2D eigenvalue weighted by atomic mass is 9.97. The molecule has 0 spiro atoms. The van der Waals surface area contributed by atoms with Crippen molar-refractivity contribution in [2.24, 2.45) is 0 Å². The summed E-state index contributed by atoms with van der Waals surface area (Å²) in [5, 5.41) is 12.5. The zero-order valence-electron chi connectivity index (χ0n) is 14.4. The van der Waals surface area contributed by atoms with Crippen LogP contribution < -0.4 is 0 Å². The molecular weight excluding hydrogens is 353 g/mol. The number of hydrogen-bond donors (Lipinski definition) is 0. The van der Waals surface area contributed by atoms with E-state index in [1.54, 1.807) is 30.3 Å². The molecule has 0 aliphatic rings. The molecule has 6 nitrogen and oxygen atoms in total. The largest absolute Gasteiger partial charge is 0.341 e. The third-order valence-electron chi connectivity index (χ3n) is 4.37. The van der Waals surface area contributed by atoms with E-state index in [4.69, 9.17) is 9.05 Å². The van der Waals surface area contributed by atoms with Crippen LogP contribution >= 0.6 is 7.60 Å². The standard InChI is InChI=1S/C19H18NO5P/c1-24-26(23,25-2)19(14-8-4-3-5-9-14)17-12-13-18(20(21)22)16-11-7-6-10-15(16)17/h3-13,19H,1-2H3. The quantitative estimate of drug-likeness (QED) is 0.333. The highest BCUT2D eigenvalue weighted by Crippen LogP contribution is 2.63. The lowest BCUT2D eigenvalue weighted by Crippen LogP contribution is -2.07. The molecule has 3 aromatic rings. The highest BCUT2D eigenvalue weighted by molar-refractivity contribution is 7.54. The van der Waals surface area contributed by atoms with Gasteiger partial charge >= 0.3 is 7.60 Å². The summed E-state index contributed by atoms with van der Waals surface area (Å²) in [5.41, 5.74) is 0.702. The van der Waals surface area contributed by atoms with Crippen LogP contribution in [0, 0.1) is 10.1 Å². The van der Waals surface area contributed by atoms with Crippen LogP contribution in [0.5, 0.6) is 0 Å². The maximum atomic E-state index is 13.3. The Balaban J connectivity index is 2.34. The summed E-state index contributed by atoms with van der Waals surface area (Å²) in [5.74, 6) is 0. The Labute approximate surface area is 151 Å². The van der Waals surface area contributed by atoms with Crippen molar-refractivity contribution in [2.45, 2.75) is 5.66 Å². The zero-order chi connectivity index (χ0) is 18.7. The van der Waals surface area contributed by atoms with Crippen molar-refractivity contribution in [1.29, 1.82) is 0 Å². The zero-order valence-corrected chi connectivity index (χ0v) is 15.3. The third kappa shape index (κ3) is 3.15. The predicted octanol–water partition coefficient (Wildman–Crippen LogP) is 5.32. The lowest BCUT2D eigenvalue weighted by Gasteiger charge is -2.26. The summed E-state index contributed by atoms with van der Waals surface area (Å²) in [6.07, 6.45) is 0. The smallest absolute Gasteiger partial charge is 0.311 e. The first-order valence-corrected chi connectivity index (χ1v) is 9.55. The van der Waals surface area contributed by atoms with E-state index in [0.717, 1.165) is 5.56 Å². The van der Waals surface area contributed by atoms with E-state index in [2.05, 4.69) is 0 Å². The van der Waals surface area contributed by atoms with Crippen LogP contribution in [0.25, 0.3) is 10.8 Å². The van der Waals surface area contributed by atoms with E-state index in [9.17, 15) is 14.7 Å². The molecule has 0 aliphatic carbocycles. The average Bonchev–Trinajstić information content (AvgIpc) is 2.68. The maximum absolute atomic E-state index is 13.3. The van der Waals surface area contributed by atoms with Gasteiger partial charge in [-0.2, -0.15) is 0 Å². The van der Waals surface area contributed by atoms with E-state index in [0.29, 0.717) is 16.3 Å². The van der Waals surface area contributed by atoms with Crippen molar-refractivity contribution in [3.8, 4) is 0 Å². The molecule has 3 aromatic carbocycles. The molecule has 0 heterocycles. The van der Waals surface area contributed by atoms with E-state index in [-0.39, 0.29) is 5.69 Å². The van der Waals surface area contributed by atoms with Crippen molar-refractivity contribution in [1.82, 2.24) is 0 Å². The van der Waals surface area contributed by atoms with Crippen LogP contribution in [0.3, 0.4) is 0 Å². The van der Waals surface area contributed by atoms with Crippen LogP contribution in [0.1, 0.15) is 16.8 Å². The number of fused-ring (bicyclic) bond motifs is 1. The molecule has 0 saturated carbocycles. The van der Waals surface area contributed by atoms with Crippen LogP contribution in [0.4, 0.5) is 5.69 Å². The molecule has 134 valence electrons. The first-order valence-electron chi connectivity index (χ1n) is 7.94. The van der Waals surface area contributed by atoms with Gasteiger partial charge < -0.3 is 9.05 Å². The number of nitrogens with zero attached hydrogens (tertiary/aromatic N) is 1. The second-order valence-corrected chi connectivity index (χ2v) is 8.02. The molecule has 7 heteroatoms. The van der Waals surface area contributed by atoms with E-state index >= 15 is 0 Å². The van der Waals surface area contributed by atoms with Crippen LogP contribution in [-0.4, -0.2) is 19.1 Å². The predicted molar refractivity (Wildman–Crippen MR) is 101 cm³/mol. The van der Waals surface area contributed by atoms with E-state index in [1.165, 1.54) is 20.3 Å². The van der Waals surface area contributed by atoms with Gasteiger partial charge in [-0.25, -0.2) is 0 Å². The summed E-state index contributed by atoms with van der Waals surface area (Å²) < 4.78 is 23.9. The monoisotopic (exact) mass is 371 g/mol. The minimum absolute atomic E-state index is 0.000766. The maximum Gasteiger partial charge on any atom is 0.341 e. The van der Waals surface area contributed by atoms with Crippen LogP contribution in [0.15, 0.2) is 66.7 Å². The molecule has 0 fully saturated rings. The normalized spacial score (nSPS) is 12.8. The number of nitro benzene ring substituents is 1. The Hall–Kier alpha value is -2.53. The number of nitro groups is 1. The van der Waals surface area contributed by atoms with Gasteiger partial charge in [0.05, 0.1) is 10.3 Å². The van der Waals surface area contributed by atoms with Gasteiger partial charge in [-0.05, 0) is 22.6 Å². The van der Waals surface area contributed by atoms with Gasteiger partial charge in [0, 0.05) is 20.3 Å². The van der Waals surface area contributed by atoms with Crippen LogP contribution in [-0.2, 0) is 13.6 Å². The van der Waals surface area contributed by atoms with Crippen molar-refractivity contribution in [3.05, 3.63) is 88.0 Å². The molecule has 0 radical (unpaired) electrons. The summed E-state index contributed by atoms with van der Waals surface area (Å²) in [6.45, 7) is 0. The molecule has 3 rings (SSSR count). The van der Waals surface area contributed by atoms with E-state index in [1.807, 2.05) is 30.3 Å². The number of non-ortho nitro benzene ring substituents is 1. The van der Waals surface area contributed by atoms with Gasteiger partial charge in [0.2, 0.25) is 0 Å². The molecule has 1 atom stereocenters. The Morgan fingerprint density at radius 1 is 0.885 bits per heavy atom. The number of hydrogen-bond acceptors (Lipinski definition) is 5. The number of benzene rings is 3. The van der Waals surface area contributed by atoms with Crippen molar-refractivity contribution >= 4 is 24.1 Å². The number of rotatable bonds is 6. The second-order valence-electron chi connectivity index (χ2n) is 5.69. The van der Waals surface area contributed by atoms with Crippen molar-refractivity contribution in [3.63, 3.8) is 0 Å². The molecular formula is C19H18NO5P. The Morgan fingerprint density at radius 3 is 2.04 bits per heavy atom. The minimum atomic E-state index is -3.55. The lowest BCUT2D eigenvalue weighted by molar-refractivity contribution is -0.383.